The van der Waals surface area contributed by atoms with E-state index in [0.29, 0.717) is 6.42 Å². The van der Waals surface area contributed by atoms with Gasteiger partial charge in [-0.05, 0) is 18.9 Å². The number of para-hydroxylation sites is 1. The van der Waals surface area contributed by atoms with E-state index in [-0.39, 0.29) is 5.92 Å². The van der Waals surface area contributed by atoms with Gasteiger partial charge in [-0.2, -0.15) is 0 Å². The number of benzene rings is 1. The number of allylic oxidation sites excluding steroid dienone is 1. The Morgan fingerprint density at radius 3 is 2.94 bits per heavy atom. The van der Waals surface area contributed by atoms with E-state index < -0.39 is 5.60 Å². The summed E-state index contributed by atoms with van der Waals surface area (Å²) in [6.45, 7) is 3.76. The Bertz CT molecular complexity index is 436. The minimum Gasteiger partial charge on any atom is -0.496 e. The molecule has 1 aromatic carbocycles. The first kappa shape index (κ1) is 11.9. The first-order chi connectivity index (χ1) is 8.21. The van der Waals surface area contributed by atoms with E-state index >= 15 is 0 Å². The summed E-state index contributed by atoms with van der Waals surface area (Å²) in [6, 6.07) is 7.81. The van der Waals surface area contributed by atoms with Crippen LogP contribution in [0.1, 0.15) is 24.3 Å². The Kier molecular flexibility index (Phi) is 3.34. The summed E-state index contributed by atoms with van der Waals surface area (Å²) in [5, 5.41) is 10.6. The third-order valence-corrected chi connectivity index (χ3v) is 3.41. The van der Waals surface area contributed by atoms with Crippen molar-refractivity contribution in [3.8, 4) is 5.75 Å². The van der Waals surface area contributed by atoms with E-state index in [1.165, 1.54) is 0 Å². The van der Waals surface area contributed by atoms with Crippen LogP contribution in [0.15, 0.2) is 49.1 Å². The summed E-state index contributed by atoms with van der Waals surface area (Å²) in [5.74, 6) is 0.731. The fourth-order valence-electron chi connectivity index (χ4n) is 2.39. The zero-order valence-corrected chi connectivity index (χ0v) is 10.1. The van der Waals surface area contributed by atoms with Crippen LogP contribution < -0.4 is 4.74 Å². The number of hydrogen-bond acceptors (Lipinski definition) is 2. The van der Waals surface area contributed by atoms with E-state index in [9.17, 15) is 5.11 Å². The van der Waals surface area contributed by atoms with Crippen LogP contribution in [0.3, 0.4) is 0 Å². The van der Waals surface area contributed by atoms with E-state index in [2.05, 4.69) is 12.7 Å². The Morgan fingerprint density at radius 1 is 1.47 bits per heavy atom. The molecule has 1 N–H and O–H groups in total. The van der Waals surface area contributed by atoms with Crippen LogP contribution in [0.2, 0.25) is 0 Å². The van der Waals surface area contributed by atoms with Gasteiger partial charge < -0.3 is 9.84 Å². The van der Waals surface area contributed by atoms with Gasteiger partial charge in [0.1, 0.15) is 5.75 Å². The molecule has 0 aliphatic heterocycles. The molecule has 2 nitrogen and oxygen atoms in total. The van der Waals surface area contributed by atoms with Crippen molar-refractivity contribution < 1.29 is 9.84 Å². The zero-order valence-electron chi connectivity index (χ0n) is 10.1. The molecule has 0 radical (unpaired) electrons. The maximum atomic E-state index is 10.6. The monoisotopic (exact) mass is 230 g/mol. The lowest BCUT2D eigenvalue weighted by Gasteiger charge is -2.35. The first-order valence-electron chi connectivity index (χ1n) is 5.87. The molecule has 0 saturated carbocycles. The zero-order chi connectivity index (χ0) is 12.3. The normalized spacial score (nSPS) is 27.8. The summed E-state index contributed by atoms with van der Waals surface area (Å²) in [5.41, 5.74) is 0.136. The maximum absolute atomic E-state index is 10.6. The standard InChI is InChI=1S/C15H18O2/c1-3-15(16)11-7-6-9-13(15)12-8-4-5-10-14(12)17-2/h3-6,8-10,13,16H,1,7,11H2,2H3. The van der Waals surface area contributed by atoms with Crippen LogP contribution in [0, 0.1) is 0 Å². The molecule has 2 unspecified atom stereocenters. The van der Waals surface area contributed by atoms with Gasteiger partial charge in [-0.15, -0.1) is 6.58 Å². The van der Waals surface area contributed by atoms with E-state index in [4.69, 9.17) is 4.74 Å². The van der Waals surface area contributed by atoms with Gasteiger partial charge in [0.15, 0.2) is 0 Å². The van der Waals surface area contributed by atoms with Crippen LogP contribution in [-0.4, -0.2) is 17.8 Å². The van der Waals surface area contributed by atoms with Crippen LogP contribution in [0.5, 0.6) is 5.75 Å². The van der Waals surface area contributed by atoms with Crippen LogP contribution in [-0.2, 0) is 0 Å². The molecular formula is C15H18O2. The third kappa shape index (κ3) is 2.13. The van der Waals surface area contributed by atoms with Crippen molar-refractivity contribution in [3.63, 3.8) is 0 Å². The molecule has 0 bridgehead atoms. The van der Waals surface area contributed by atoms with E-state index in [0.717, 1.165) is 17.7 Å². The molecule has 17 heavy (non-hydrogen) atoms. The highest BCUT2D eigenvalue weighted by molar-refractivity contribution is 5.42. The Morgan fingerprint density at radius 2 is 2.24 bits per heavy atom. The lowest BCUT2D eigenvalue weighted by Crippen LogP contribution is -2.34. The maximum Gasteiger partial charge on any atom is 0.122 e. The van der Waals surface area contributed by atoms with Gasteiger partial charge in [-0.25, -0.2) is 0 Å². The molecule has 2 rings (SSSR count). The molecule has 0 amide bonds. The van der Waals surface area contributed by atoms with Gasteiger partial charge in [0.05, 0.1) is 12.7 Å². The average Bonchev–Trinajstić information content (AvgIpc) is 2.39. The van der Waals surface area contributed by atoms with Crippen molar-refractivity contribution in [3.05, 3.63) is 54.6 Å². The van der Waals surface area contributed by atoms with Crippen molar-refractivity contribution in [2.75, 3.05) is 7.11 Å². The molecular weight excluding hydrogens is 212 g/mol. The SMILES string of the molecule is C=CC1(O)CCC=CC1c1ccccc1OC. The summed E-state index contributed by atoms with van der Waals surface area (Å²) >= 11 is 0. The summed E-state index contributed by atoms with van der Waals surface area (Å²) in [7, 11) is 1.65. The van der Waals surface area contributed by atoms with E-state index in [1.54, 1.807) is 13.2 Å². The topological polar surface area (TPSA) is 29.5 Å². The molecule has 2 heteroatoms. The highest BCUT2D eigenvalue weighted by Gasteiger charge is 2.35. The Balaban J connectivity index is 2.46. The molecule has 0 saturated heterocycles. The van der Waals surface area contributed by atoms with Gasteiger partial charge in [0.2, 0.25) is 0 Å². The van der Waals surface area contributed by atoms with Crippen molar-refractivity contribution in [1.82, 2.24) is 0 Å². The Hall–Kier alpha value is -1.54. The molecule has 0 heterocycles. The van der Waals surface area contributed by atoms with E-state index in [1.807, 2.05) is 30.3 Å². The lowest BCUT2D eigenvalue weighted by molar-refractivity contribution is 0.0625. The Labute approximate surface area is 102 Å². The van der Waals surface area contributed by atoms with Gasteiger partial charge in [-0.1, -0.05) is 36.4 Å². The van der Waals surface area contributed by atoms with Crippen LogP contribution >= 0.6 is 0 Å². The van der Waals surface area contributed by atoms with Gasteiger partial charge >= 0.3 is 0 Å². The predicted molar refractivity (Wildman–Crippen MR) is 69.3 cm³/mol. The quantitative estimate of drug-likeness (QED) is 0.809. The molecule has 1 aromatic rings. The lowest BCUT2D eigenvalue weighted by atomic mass is 9.75. The molecule has 0 spiro atoms. The smallest absolute Gasteiger partial charge is 0.122 e. The number of rotatable bonds is 3. The number of hydrogen-bond donors (Lipinski definition) is 1. The van der Waals surface area contributed by atoms with Gasteiger partial charge in [0.25, 0.3) is 0 Å². The average molecular weight is 230 g/mol. The number of aliphatic hydroxyl groups is 1. The van der Waals surface area contributed by atoms with Crippen LogP contribution in [0.25, 0.3) is 0 Å². The second-order valence-corrected chi connectivity index (χ2v) is 4.38. The molecule has 2 atom stereocenters. The molecule has 90 valence electrons. The number of ether oxygens (including phenoxy) is 1. The van der Waals surface area contributed by atoms with Crippen molar-refractivity contribution in [2.24, 2.45) is 0 Å². The minimum absolute atomic E-state index is 0.0788. The molecule has 0 aromatic heterocycles. The fourth-order valence-corrected chi connectivity index (χ4v) is 2.39. The fraction of sp³-hybridized carbons (Fsp3) is 0.333. The van der Waals surface area contributed by atoms with Crippen LogP contribution in [0.4, 0.5) is 0 Å². The van der Waals surface area contributed by atoms with Gasteiger partial charge in [0, 0.05) is 11.5 Å². The molecule has 1 aliphatic carbocycles. The van der Waals surface area contributed by atoms with Crippen molar-refractivity contribution in [1.29, 1.82) is 0 Å². The minimum atomic E-state index is -0.872. The summed E-state index contributed by atoms with van der Waals surface area (Å²) in [6.07, 6.45) is 7.38. The highest BCUT2D eigenvalue weighted by atomic mass is 16.5. The van der Waals surface area contributed by atoms with Crippen molar-refractivity contribution in [2.45, 2.75) is 24.4 Å². The van der Waals surface area contributed by atoms with Crippen molar-refractivity contribution >= 4 is 0 Å². The second-order valence-electron chi connectivity index (χ2n) is 4.38. The number of methoxy groups -OCH3 is 1. The largest absolute Gasteiger partial charge is 0.496 e. The molecule has 1 aliphatic rings. The first-order valence-corrected chi connectivity index (χ1v) is 5.87. The summed E-state index contributed by atoms with van der Waals surface area (Å²) < 4.78 is 5.36. The third-order valence-electron chi connectivity index (χ3n) is 3.41. The van der Waals surface area contributed by atoms with Gasteiger partial charge in [-0.3, -0.25) is 0 Å². The second kappa shape index (κ2) is 4.76. The highest BCUT2D eigenvalue weighted by Crippen LogP contribution is 2.41. The summed E-state index contributed by atoms with van der Waals surface area (Å²) in [4.78, 5) is 0. The predicted octanol–water partition coefficient (Wildman–Crippen LogP) is 3.05. The molecule has 0 fully saturated rings.